The number of benzene rings is 2. The number of fused-ring (bicyclic) bond motifs is 1. The largest absolute Gasteiger partial charge is 0.354 e. The number of hydrogen-bond donors (Lipinski definition) is 3. The van der Waals surface area contributed by atoms with Crippen LogP contribution < -0.4 is 15.5 Å². The molecule has 166 valence electrons. The molecule has 3 N–H and O–H groups in total. The van der Waals surface area contributed by atoms with Gasteiger partial charge in [-0.25, -0.2) is 13.8 Å². The van der Waals surface area contributed by atoms with Gasteiger partial charge in [0.05, 0.1) is 22.7 Å². The van der Waals surface area contributed by atoms with Gasteiger partial charge in [0.1, 0.15) is 0 Å². The molecule has 2 aliphatic heterocycles. The van der Waals surface area contributed by atoms with Crippen LogP contribution in [0.25, 0.3) is 4.91 Å². The molecule has 0 spiro atoms. The van der Waals surface area contributed by atoms with Gasteiger partial charge in [-0.1, -0.05) is 43.8 Å². The molecule has 2 heterocycles. The Morgan fingerprint density at radius 3 is 2.50 bits per heavy atom. The summed E-state index contributed by atoms with van der Waals surface area (Å²) in [5.74, 6) is -0.101. The highest BCUT2D eigenvalue weighted by Gasteiger charge is 2.30. The second-order valence-corrected chi connectivity index (χ2v) is 10.8. The summed E-state index contributed by atoms with van der Waals surface area (Å²) < 4.78 is 26.1. The molecule has 4 rings (SSSR count). The number of hydrazone groups is 1. The first-order valence-electron chi connectivity index (χ1n) is 10.3. The molecule has 9 heteroatoms. The summed E-state index contributed by atoms with van der Waals surface area (Å²) in [4.78, 5) is 14.5. The van der Waals surface area contributed by atoms with Crippen LogP contribution in [0.4, 0.5) is 11.4 Å². The van der Waals surface area contributed by atoms with E-state index in [1.807, 2.05) is 56.3 Å². The van der Waals surface area contributed by atoms with Gasteiger partial charge in [-0.05, 0) is 49.2 Å². The van der Waals surface area contributed by atoms with E-state index in [0.29, 0.717) is 17.0 Å². The topological polar surface area (TPSA) is 99.7 Å². The van der Waals surface area contributed by atoms with E-state index in [4.69, 9.17) is 0 Å². The minimum atomic E-state index is -3.32. The predicted octanol–water partition coefficient (Wildman–Crippen LogP) is 4.40. The average molecular weight is 469 g/mol. The molecular formula is C23H24N4O3S2. The summed E-state index contributed by atoms with van der Waals surface area (Å²) in [6, 6.07) is 15.2. The standard InChI is InChI=1S/C23H24N4O3S2/c1-4-32(29,30)27-15-9-11-16(12-10-15)31-20-13-19(24-18-8-6-5-7-17(18)20)21-22(14(2)3)25-26-23(21)28/h5-14,24,27H,4H2,1-3H3,(H,26,28)/b21-19-. The van der Waals surface area contributed by atoms with Crippen LogP contribution in [0.5, 0.6) is 0 Å². The Hall–Kier alpha value is -3.04. The quantitative estimate of drug-likeness (QED) is 0.546. The molecule has 0 radical (unpaired) electrons. The van der Waals surface area contributed by atoms with Crippen molar-refractivity contribution in [2.45, 2.75) is 25.7 Å². The normalized spacial score (nSPS) is 17.9. The number of sulfonamides is 1. The molecule has 0 saturated heterocycles. The van der Waals surface area contributed by atoms with E-state index in [0.717, 1.165) is 26.8 Å². The van der Waals surface area contributed by atoms with Gasteiger partial charge in [0.2, 0.25) is 10.0 Å². The van der Waals surface area contributed by atoms with Crippen LogP contribution in [-0.4, -0.2) is 25.8 Å². The molecular weight excluding hydrogens is 444 g/mol. The van der Waals surface area contributed by atoms with Crippen LogP contribution in [0.15, 0.2) is 75.9 Å². The maximum absolute atomic E-state index is 12.5. The van der Waals surface area contributed by atoms with Crippen molar-refractivity contribution in [1.29, 1.82) is 0 Å². The molecule has 2 aliphatic rings. The number of amides is 1. The van der Waals surface area contributed by atoms with E-state index in [1.165, 1.54) is 0 Å². The number of thioether (sulfide) groups is 1. The Bertz CT molecular complexity index is 1260. The zero-order chi connectivity index (χ0) is 22.9. The molecule has 0 aromatic heterocycles. The molecule has 2 aromatic rings. The van der Waals surface area contributed by atoms with E-state index >= 15 is 0 Å². The first-order valence-corrected chi connectivity index (χ1v) is 12.7. The zero-order valence-corrected chi connectivity index (χ0v) is 19.6. The molecule has 0 atom stereocenters. The van der Waals surface area contributed by atoms with Crippen LogP contribution >= 0.6 is 11.8 Å². The highest BCUT2D eigenvalue weighted by molar-refractivity contribution is 8.08. The maximum atomic E-state index is 12.5. The van der Waals surface area contributed by atoms with Crippen molar-refractivity contribution in [1.82, 2.24) is 5.43 Å². The highest BCUT2D eigenvalue weighted by Crippen LogP contribution is 2.42. The summed E-state index contributed by atoms with van der Waals surface area (Å²) in [5.41, 5.74) is 7.03. The van der Waals surface area contributed by atoms with E-state index < -0.39 is 10.0 Å². The number of carbonyl (C=O) groups excluding carboxylic acids is 1. The van der Waals surface area contributed by atoms with E-state index in [2.05, 4.69) is 20.6 Å². The summed E-state index contributed by atoms with van der Waals surface area (Å²) >= 11 is 1.55. The van der Waals surface area contributed by atoms with Crippen molar-refractivity contribution in [3.05, 3.63) is 71.4 Å². The number of nitrogens with one attached hydrogen (secondary N) is 3. The van der Waals surface area contributed by atoms with Gasteiger partial charge in [-0.2, -0.15) is 5.10 Å². The van der Waals surface area contributed by atoms with Crippen molar-refractivity contribution < 1.29 is 13.2 Å². The Kier molecular flexibility index (Phi) is 6.12. The smallest absolute Gasteiger partial charge is 0.275 e. The fourth-order valence-electron chi connectivity index (χ4n) is 3.40. The number of allylic oxidation sites excluding steroid dienone is 1. The molecule has 0 saturated carbocycles. The fraction of sp³-hybridized carbons (Fsp3) is 0.217. The van der Waals surface area contributed by atoms with Crippen molar-refractivity contribution in [2.75, 3.05) is 15.8 Å². The lowest BCUT2D eigenvalue weighted by molar-refractivity contribution is -0.116. The van der Waals surface area contributed by atoms with Crippen molar-refractivity contribution in [2.24, 2.45) is 11.0 Å². The second-order valence-electron chi connectivity index (χ2n) is 7.69. The maximum Gasteiger partial charge on any atom is 0.275 e. The third kappa shape index (κ3) is 4.58. The van der Waals surface area contributed by atoms with Gasteiger partial charge in [0.25, 0.3) is 5.91 Å². The summed E-state index contributed by atoms with van der Waals surface area (Å²) in [5, 5.41) is 7.59. The highest BCUT2D eigenvalue weighted by atomic mass is 32.2. The Balaban J connectivity index is 1.69. The van der Waals surface area contributed by atoms with Crippen LogP contribution in [0, 0.1) is 5.92 Å². The number of nitrogens with zero attached hydrogens (tertiary/aromatic N) is 1. The number of carbonyl (C=O) groups is 1. The van der Waals surface area contributed by atoms with E-state index in [-0.39, 0.29) is 17.6 Å². The fourth-order valence-corrected chi connectivity index (χ4v) is 5.03. The van der Waals surface area contributed by atoms with Gasteiger partial charge in [0, 0.05) is 26.7 Å². The number of hydrogen-bond acceptors (Lipinski definition) is 6. The molecule has 32 heavy (non-hydrogen) atoms. The predicted molar refractivity (Wildman–Crippen MR) is 131 cm³/mol. The first-order chi connectivity index (χ1) is 15.3. The SMILES string of the molecule is CCS(=O)(=O)Nc1ccc(SC2=C/C(=C3/C(=O)NN=C3C(C)C)Nc3ccccc32)cc1. The lowest BCUT2D eigenvalue weighted by Gasteiger charge is -2.23. The summed E-state index contributed by atoms with van der Waals surface area (Å²) in [6.07, 6.45) is 1.97. The molecule has 0 bridgehead atoms. The van der Waals surface area contributed by atoms with Crippen molar-refractivity contribution >= 4 is 49.7 Å². The van der Waals surface area contributed by atoms with Crippen LogP contribution in [-0.2, 0) is 14.8 Å². The van der Waals surface area contributed by atoms with Crippen LogP contribution in [0.3, 0.4) is 0 Å². The van der Waals surface area contributed by atoms with Crippen molar-refractivity contribution in [3.8, 4) is 0 Å². The number of para-hydroxylation sites is 1. The monoisotopic (exact) mass is 468 g/mol. The van der Waals surface area contributed by atoms with Gasteiger partial charge in [0.15, 0.2) is 0 Å². The van der Waals surface area contributed by atoms with Crippen molar-refractivity contribution in [3.63, 3.8) is 0 Å². The second kappa shape index (κ2) is 8.84. The first kappa shape index (κ1) is 22.2. The van der Waals surface area contributed by atoms with Gasteiger partial charge in [-0.15, -0.1) is 0 Å². The molecule has 0 unspecified atom stereocenters. The third-order valence-electron chi connectivity index (χ3n) is 5.05. The van der Waals surface area contributed by atoms with Crippen LogP contribution in [0.2, 0.25) is 0 Å². The average Bonchev–Trinajstić information content (AvgIpc) is 3.16. The van der Waals surface area contributed by atoms with Gasteiger partial charge < -0.3 is 5.32 Å². The molecule has 0 aliphatic carbocycles. The number of rotatable bonds is 6. The Morgan fingerprint density at radius 2 is 1.81 bits per heavy atom. The van der Waals surface area contributed by atoms with E-state index in [9.17, 15) is 13.2 Å². The lowest BCUT2D eigenvalue weighted by atomic mass is 9.96. The summed E-state index contributed by atoms with van der Waals surface area (Å²) in [6.45, 7) is 5.61. The Labute approximate surface area is 192 Å². The van der Waals surface area contributed by atoms with Gasteiger partial charge in [-0.3, -0.25) is 9.52 Å². The lowest BCUT2D eigenvalue weighted by Crippen LogP contribution is -2.21. The number of anilines is 2. The zero-order valence-electron chi connectivity index (χ0n) is 18.0. The van der Waals surface area contributed by atoms with Crippen LogP contribution in [0.1, 0.15) is 26.3 Å². The molecule has 0 fully saturated rings. The minimum absolute atomic E-state index is 0.0207. The summed E-state index contributed by atoms with van der Waals surface area (Å²) in [7, 11) is -3.32. The van der Waals surface area contributed by atoms with Gasteiger partial charge >= 0.3 is 0 Å². The minimum Gasteiger partial charge on any atom is -0.354 e. The third-order valence-corrected chi connectivity index (χ3v) is 7.42. The van der Waals surface area contributed by atoms with E-state index in [1.54, 1.807) is 30.8 Å². The molecule has 2 aromatic carbocycles. The Morgan fingerprint density at radius 1 is 1.09 bits per heavy atom. The molecule has 7 nitrogen and oxygen atoms in total. The molecule has 1 amide bonds.